The van der Waals surface area contributed by atoms with E-state index >= 15 is 0 Å². The number of para-hydroxylation sites is 1. The van der Waals surface area contributed by atoms with Gasteiger partial charge in [-0.1, -0.05) is 18.2 Å². The zero-order valence-electron chi connectivity index (χ0n) is 11.3. The molecule has 98 valence electrons. The van der Waals surface area contributed by atoms with Crippen LogP contribution in [0.15, 0.2) is 30.3 Å². The summed E-state index contributed by atoms with van der Waals surface area (Å²) >= 11 is 0. The first-order valence-corrected chi connectivity index (χ1v) is 7.02. The highest BCUT2D eigenvalue weighted by Crippen LogP contribution is 2.18. The van der Waals surface area contributed by atoms with E-state index in [1.54, 1.807) is 0 Å². The molecule has 0 N–H and O–H groups in total. The van der Waals surface area contributed by atoms with Crippen molar-refractivity contribution in [3.05, 3.63) is 30.3 Å². The fraction of sp³-hybridized carbons (Fsp3) is 0.600. The number of anilines is 1. The lowest BCUT2D eigenvalue weighted by atomic mass is 10.0. The van der Waals surface area contributed by atoms with Crippen LogP contribution in [-0.4, -0.2) is 62.7 Å². The highest BCUT2D eigenvalue weighted by molar-refractivity contribution is 5.46. The van der Waals surface area contributed by atoms with E-state index in [4.69, 9.17) is 0 Å². The van der Waals surface area contributed by atoms with Crippen LogP contribution in [0.4, 0.5) is 5.69 Å². The summed E-state index contributed by atoms with van der Waals surface area (Å²) in [5, 5.41) is 0. The maximum Gasteiger partial charge on any atom is 0.0367 e. The number of likely N-dealkylation sites (tertiary alicyclic amines) is 1. The Kier molecular flexibility index (Phi) is 3.52. The molecular weight excluding hydrogens is 222 g/mol. The average Bonchev–Trinajstić information content (AvgIpc) is 2.39. The summed E-state index contributed by atoms with van der Waals surface area (Å²) in [6.45, 7) is 8.66. The molecule has 0 amide bonds. The highest BCUT2D eigenvalue weighted by atomic mass is 15.3. The maximum atomic E-state index is 2.64. The maximum absolute atomic E-state index is 2.64. The Morgan fingerprint density at radius 3 is 2.28 bits per heavy atom. The van der Waals surface area contributed by atoms with Crippen molar-refractivity contribution < 1.29 is 0 Å². The molecule has 2 aliphatic heterocycles. The number of benzene rings is 1. The Bertz CT molecular complexity index is 365. The zero-order chi connectivity index (χ0) is 12.4. The molecule has 2 saturated heterocycles. The molecule has 3 rings (SSSR count). The first kappa shape index (κ1) is 12.0. The predicted octanol–water partition coefficient (Wildman–Crippen LogP) is 1.37. The highest BCUT2D eigenvalue weighted by Gasteiger charge is 2.26. The molecule has 2 heterocycles. The van der Waals surface area contributed by atoms with Crippen LogP contribution in [0.1, 0.15) is 0 Å². The summed E-state index contributed by atoms with van der Waals surface area (Å²) in [4.78, 5) is 7.55. The molecule has 2 fully saturated rings. The van der Waals surface area contributed by atoms with E-state index in [9.17, 15) is 0 Å². The Balaban J connectivity index is 1.46. The normalized spacial score (nSPS) is 23.1. The first-order valence-electron chi connectivity index (χ1n) is 7.02. The summed E-state index contributed by atoms with van der Waals surface area (Å²) in [5.41, 5.74) is 1.38. The van der Waals surface area contributed by atoms with E-state index in [1.807, 2.05) is 0 Å². The van der Waals surface area contributed by atoms with Crippen LogP contribution in [0.5, 0.6) is 0 Å². The van der Waals surface area contributed by atoms with Crippen LogP contribution in [0.25, 0.3) is 0 Å². The number of hydrogen-bond acceptors (Lipinski definition) is 3. The van der Waals surface area contributed by atoms with E-state index in [-0.39, 0.29) is 0 Å². The van der Waals surface area contributed by atoms with Gasteiger partial charge in [0.1, 0.15) is 0 Å². The number of hydrogen-bond donors (Lipinski definition) is 0. The minimum Gasteiger partial charge on any atom is -0.369 e. The van der Waals surface area contributed by atoms with Crippen molar-refractivity contribution in [2.45, 2.75) is 0 Å². The number of piperazine rings is 1. The molecule has 2 aliphatic rings. The molecule has 3 nitrogen and oxygen atoms in total. The quantitative estimate of drug-likeness (QED) is 0.796. The van der Waals surface area contributed by atoms with Crippen molar-refractivity contribution in [2.24, 2.45) is 5.92 Å². The zero-order valence-corrected chi connectivity index (χ0v) is 11.3. The van der Waals surface area contributed by atoms with Crippen LogP contribution in [0.2, 0.25) is 0 Å². The molecular formula is C15H23N3. The van der Waals surface area contributed by atoms with Crippen molar-refractivity contribution >= 4 is 5.69 Å². The van der Waals surface area contributed by atoms with Crippen LogP contribution in [-0.2, 0) is 0 Å². The van der Waals surface area contributed by atoms with Gasteiger partial charge in [-0.3, -0.25) is 4.90 Å². The molecule has 0 unspecified atom stereocenters. The molecule has 0 spiro atoms. The number of rotatable bonds is 3. The molecule has 1 aromatic carbocycles. The van der Waals surface area contributed by atoms with Crippen molar-refractivity contribution in [3.63, 3.8) is 0 Å². The van der Waals surface area contributed by atoms with Crippen LogP contribution >= 0.6 is 0 Å². The van der Waals surface area contributed by atoms with Crippen molar-refractivity contribution in [1.82, 2.24) is 9.80 Å². The van der Waals surface area contributed by atoms with Gasteiger partial charge in [-0.2, -0.15) is 0 Å². The van der Waals surface area contributed by atoms with Gasteiger partial charge in [0, 0.05) is 51.5 Å². The average molecular weight is 245 g/mol. The molecule has 0 radical (unpaired) electrons. The summed E-state index contributed by atoms with van der Waals surface area (Å²) in [6.07, 6.45) is 0. The Hall–Kier alpha value is -1.06. The van der Waals surface area contributed by atoms with Gasteiger partial charge in [0.2, 0.25) is 0 Å². The first-order chi connectivity index (χ1) is 8.81. The Morgan fingerprint density at radius 2 is 1.67 bits per heavy atom. The van der Waals surface area contributed by atoms with Gasteiger partial charge in [-0.05, 0) is 25.1 Å². The third-order valence-corrected chi connectivity index (χ3v) is 4.15. The Morgan fingerprint density at radius 1 is 1.00 bits per heavy atom. The molecule has 0 atom stereocenters. The molecule has 0 bridgehead atoms. The van der Waals surface area contributed by atoms with Crippen LogP contribution in [0.3, 0.4) is 0 Å². The molecule has 3 heteroatoms. The summed E-state index contributed by atoms with van der Waals surface area (Å²) in [5.74, 6) is 0.915. The summed E-state index contributed by atoms with van der Waals surface area (Å²) in [7, 11) is 2.21. The third kappa shape index (κ3) is 2.68. The van der Waals surface area contributed by atoms with E-state index in [0.717, 1.165) is 5.92 Å². The fourth-order valence-corrected chi connectivity index (χ4v) is 3.14. The van der Waals surface area contributed by atoms with E-state index in [0.29, 0.717) is 0 Å². The summed E-state index contributed by atoms with van der Waals surface area (Å²) < 4.78 is 0. The van der Waals surface area contributed by atoms with Crippen LogP contribution in [0, 0.1) is 5.92 Å². The van der Waals surface area contributed by atoms with Crippen molar-refractivity contribution in [2.75, 3.05) is 57.8 Å². The lowest BCUT2D eigenvalue weighted by Crippen LogP contribution is -2.53. The van der Waals surface area contributed by atoms with Gasteiger partial charge in [0.15, 0.2) is 0 Å². The molecule has 1 aromatic rings. The van der Waals surface area contributed by atoms with Gasteiger partial charge in [-0.15, -0.1) is 0 Å². The van der Waals surface area contributed by atoms with Gasteiger partial charge in [0.25, 0.3) is 0 Å². The third-order valence-electron chi connectivity index (χ3n) is 4.15. The fourth-order valence-electron chi connectivity index (χ4n) is 3.14. The lowest BCUT2D eigenvalue weighted by Gasteiger charge is -2.42. The van der Waals surface area contributed by atoms with Crippen molar-refractivity contribution in [3.8, 4) is 0 Å². The predicted molar refractivity (Wildman–Crippen MR) is 76.1 cm³/mol. The van der Waals surface area contributed by atoms with E-state index < -0.39 is 0 Å². The van der Waals surface area contributed by atoms with Crippen LogP contribution < -0.4 is 4.90 Å². The summed E-state index contributed by atoms with van der Waals surface area (Å²) in [6, 6.07) is 10.8. The molecule has 0 saturated carbocycles. The van der Waals surface area contributed by atoms with Gasteiger partial charge in [0.05, 0.1) is 0 Å². The minimum absolute atomic E-state index is 0.915. The van der Waals surface area contributed by atoms with Gasteiger partial charge >= 0.3 is 0 Å². The topological polar surface area (TPSA) is 9.72 Å². The van der Waals surface area contributed by atoms with Gasteiger partial charge in [-0.25, -0.2) is 0 Å². The standard InChI is InChI=1S/C15H23N3/c1-16-11-14(12-16)13-17-7-9-18(10-8-17)15-5-3-2-4-6-15/h2-6,14H,7-13H2,1H3. The molecule has 18 heavy (non-hydrogen) atoms. The van der Waals surface area contributed by atoms with E-state index in [1.165, 1.54) is 51.5 Å². The Labute approximate surface area is 110 Å². The van der Waals surface area contributed by atoms with Gasteiger partial charge < -0.3 is 9.80 Å². The largest absolute Gasteiger partial charge is 0.369 e. The second kappa shape index (κ2) is 5.29. The molecule has 0 aliphatic carbocycles. The smallest absolute Gasteiger partial charge is 0.0367 e. The SMILES string of the molecule is CN1CC(CN2CCN(c3ccccc3)CC2)C1. The minimum atomic E-state index is 0.915. The molecule has 0 aromatic heterocycles. The van der Waals surface area contributed by atoms with Crippen molar-refractivity contribution in [1.29, 1.82) is 0 Å². The second-order valence-corrected chi connectivity index (χ2v) is 5.71. The second-order valence-electron chi connectivity index (χ2n) is 5.71. The monoisotopic (exact) mass is 245 g/mol. The lowest BCUT2D eigenvalue weighted by molar-refractivity contribution is 0.0883. The van der Waals surface area contributed by atoms with E-state index in [2.05, 4.69) is 52.1 Å². The number of nitrogens with zero attached hydrogens (tertiary/aromatic N) is 3.